The van der Waals surface area contributed by atoms with Crippen molar-refractivity contribution in [2.24, 2.45) is 5.41 Å². The Morgan fingerprint density at radius 3 is 2.56 bits per heavy atom. The van der Waals surface area contributed by atoms with Crippen molar-refractivity contribution in [1.82, 2.24) is 0 Å². The summed E-state index contributed by atoms with van der Waals surface area (Å²) in [7, 11) is 0. The van der Waals surface area contributed by atoms with E-state index in [4.69, 9.17) is 0 Å². The predicted molar refractivity (Wildman–Crippen MR) is 81.9 cm³/mol. The zero-order valence-electron chi connectivity index (χ0n) is 12.0. The second-order valence-corrected chi connectivity index (χ2v) is 9.69. The summed E-state index contributed by atoms with van der Waals surface area (Å²) in [6.45, 7) is 9.41. The molecule has 0 aliphatic carbocycles. The molecule has 1 heteroatoms. The van der Waals surface area contributed by atoms with Gasteiger partial charge in [0, 0.05) is 0 Å². The third kappa shape index (κ3) is 3.19. The van der Waals surface area contributed by atoms with Crippen LogP contribution in [-0.4, -0.2) is 20.9 Å². The number of allylic oxidation sites excluding steroid dienone is 1. The van der Waals surface area contributed by atoms with Gasteiger partial charge in [-0.05, 0) is 0 Å². The molecule has 0 nitrogen and oxygen atoms in total. The zero-order valence-corrected chi connectivity index (χ0v) is 14.3. The third-order valence-electron chi connectivity index (χ3n) is 3.46. The van der Waals surface area contributed by atoms with Crippen LogP contribution in [0.3, 0.4) is 0 Å². The first-order valence-corrected chi connectivity index (χ1v) is 9.51. The predicted octanol–water partition coefficient (Wildman–Crippen LogP) is 5.02. The fourth-order valence-corrected chi connectivity index (χ4v) is 6.55. The van der Waals surface area contributed by atoms with Crippen molar-refractivity contribution in [2.45, 2.75) is 50.9 Å². The van der Waals surface area contributed by atoms with Crippen molar-refractivity contribution < 1.29 is 0 Å². The van der Waals surface area contributed by atoms with Gasteiger partial charge in [0.1, 0.15) is 0 Å². The summed E-state index contributed by atoms with van der Waals surface area (Å²) >= 11 is -0.0469. The Morgan fingerprint density at radius 2 is 1.89 bits per heavy atom. The molecule has 1 atom stereocenters. The van der Waals surface area contributed by atoms with Gasteiger partial charge in [-0.2, -0.15) is 0 Å². The Labute approximate surface area is 122 Å². The van der Waals surface area contributed by atoms with Crippen LogP contribution in [0.4, 0.5) is 0 Å². The van der Waals surface area contributed by atoms with Gasteiger partial charge >= 0.3 is 122 Å². The summed E-state index contributed by atoms with van der Waals surface area (Å²) in [4.78, 5) is 0. The van der Waals surface area contributed by atoms with Gasteiger partial charge < -0.3 is 0 Å². The van der Waals surface area contributed by atoms with Crippen LogP contribution in [0.15, 0.2) is 27.9 Å². The monoisotopic (exact) mass is 358 g/mol. The Morgan fingerprint density at radius 1 is 1.17 bits per heavy atom. The first-order chi connectivity index (χ1) is 8.52. The number of unbranched alkanes of at least 4 members (excludes halogenated alkanes) is 1. The quantitative estimate of drug-likeness (QED) is 0.667. The molecule has 2 rings (SSSR count). The number of benzene rings is 1. The van der Waals surface area contributed by atoms with Gasteiger partial charge in [0.25, 0.3) is 0 Å². The summed E-state index contributed by atoms with van der Waals surface area (Å²) in [5.41, 5.74) is 3.47. The van der Waals surface area contributed by atoms with E-state index in [1.807, 2.05) is 0 Å². The number of hydrogen-bond acceptors (Lipinski definition) is 0. The maximum absolute atomic E-state index is 2.49. The van der Waals surface area contributed by atoms with Crippen molar-refractivity contribution in [1.29, 1.82) is 0 Å². The molecular weight excluding hydrogens is 332 g/mol. The normalized spacial score (nSPS) is 19.3. The van der Waals surface area contributed by atoms with Crippen molar-refractivity contribution in [2.75, 3.05) is 0 Å². The van der Waals surface area contributed by atoms with Crippen LogP contribution < -0.4 is 0 Å². The number of rotatable bonds is 3. The van der Waals surface area contributed by atoms with Crippen molar-refractivity contribution in [3.8, 4) is 0 Å². The second-order valence-electron chi connectivity index (χ2n) is 6.14. The average Bonchev–Trinajstić information content (AvgIpc) is 2.34. The Balaban J connectivity index is 2.33. The summed E-state index contributed by atoms with van der Waals surface area (Å²) in [6.07, 6.45) is 6.57. The molecule has 0 N–H and O–H groups in total. The van der Waals surface area contributed by atoms with Gasteiger partial charge in [-0.15, -0.1) is 0 Å². The van der Waals surface area contributed by atoms with Gasteiger partial charge in [0.05, 0.1) is 0 Å². The summed E-state index contributed by atoms with van der Waals surface area (Å²) in [5.74, 6) is 0. The van der Waals surface area contributed by atoms with Crippen LogP contribution in [0.1, 0.15) is 62.1 Å². The molecule has 1 aliphatic rings. The SMILES string of the molecule is CCCCC1[Te]C(C(C)(C)C)=Cc2ccccc21. The minimum atomic E-state index is -0.0469. The van der Waals surface area contributed by atoms with Gasteiger partial charge in [0.15, 0.2) is 0 Å². The van der Waals surface area contributed by atoms with E-state index in [2.05, 4.69) is 58.0 Å². The summed E-state index contributed by atoms with van der Waals surface area (Å²) < 4.78 is 2.61. The van der Waals surface area contributed by atoms with E-state index in [0.29, 0.717) is 5.41 Å². The van der Waals surface area contributed by atoms with Gasteiger partial charge in [0.2, 0.25) is 0 Å². The summed E-state index contributed by atoms with van der Waals surface area (Å²) in [5, 5.41) is 0. The van der Waals surface area contributed by atoms with Crippen LogP contribution in [-0.2, 0) is 0 Å². The molecule has 0 spiro atoms. The average molecular weight is 356 g/mol. The molecule has 0 saturated heterocycles. The maximum atomic E-state index is 2.49. The molecule has 0 bridgehead atoms. The molecule has 1 aromatic rings. The Bertz CT molecular complexity index is 437. The molecule has 1 heterocycles. The molecule has 0 saturated carbocycles. The van der Waals surface area contributed by atoms with Crippen LogP contribution in [0.2, 0.25) is 0 Å². The molecule has 0 amide bonds. The molecule has 1 aliphatic heterocycles. The Kier molecular flexibility index (Phi) is 4.57. The van der Waals surface area contributed by atoms with Crippen molar-refractivity contribution in [3.63, 3.8) is 0 Å². The molecular formula is C17H24Te. The molecule has 1 aromatic carbocycles. The summed E-state index contributed by atoms with van der Waals surface area (Å²) in [6, 6.07) is 9.04. The van der Waals surface area contributed by atoms with E-state index in [1.165, 1.54) is 24.8 Å². The standard InChI is InChI=1S/C17H24Te/c1-5-6-11-15-14-10-8-7-9-13(14)12-16(18-15)17(2,3)4/h7-10,12,15H,5-6,11H2,1-4H3. The van der Waals surface area contributed by atoms with E-state index < -0.39 is 0 Å². The van der Waals surface area contributed by atoms with E-state index in [-0.39, 0.29) is 20.9 Å². The first kappa shape index (κ1) is 14.2. The van der Waals surface area contributed by atoms with Crippen LogP contribution in [0, 0.1) is 5.41 Å². The van der Waals surface area contributed by atoms with Crippen molar-refractivity contribution >= 4 is 27.0 Å². The van der Waals surface area contributed by atoms with Crippen molar-refractivity contribution in [3.05, 3.63) is 39.0 Å². The fourth-order valence-electron chi connectivity index (χ4n) is 2.32. The molecule has 0 fully saturated rings. The molecule has 0 radical (unpaired) electrons. The van der Waals surface area contributed by atoms with E-state index in [0.717, 1.165) is 3.97 Å². The van der Waals surface area contributed by atoms with E-state index in [1.54, 1.807) is 9.18 Å². The first-order valence-electron chi connectivity index (χ1n) is 7.00. The molecule has 18 heavy (non-hydrogen) atoms. The molecule has 98 valence electrons. The Hall–Kier alpha value is -0.250. The molecule has 1 unspecified atom stereocenters. The topological polar surface area (TPSA) is 0 Å². The molecule has 0 aromatic heterocycles. The number of hydrogen-bond donors (Lipinski definition) is 0. The van der Waals surface area contributed by atoms with Crippen LogP contribution in [0.25, 0.3) is 6.08 Å². The van der Waals surface area contributed by atoms with Gasteiger partial charge in [-0.1, -0.05) is 0 Å². The van der Waals surface area contributed by atoms with E-state index in [9.17, 15) is 0 Å². The zero-order chi connectivity index (χ0) is 13.2. The second kappa shape index (κ2) is 5.81. The van der Waals surface area contributed by atoms with Gasteiger partial charge in [-0.25, -0.2) is 0 Å². The van der Waals surface area contributed by atoms with Crippen LogP contribution in [0.5, 0.6) is 0 Å². The van der Waals surface area contributed by atoms with Crippen LogP contribution >= 0.6 is 0 Å². The minimum absolute atomic E-state index is 0.0469. The van der Waals surface area contributed by atoms with E-state index >= 15 is 0 Å². The third-order valence-corrected chi connectivity index (χ3v) is 8.48. The van der Waals surface area contributed by atoms with Gasteiger partial charge in [-0.3, -0.25) is 0 Å². The number of fused-ring (bicyclic) bond motifs is 1. The fraction of sp³-hybridized carbons (Fsp3) is 0.529.